The summed E-state index contributed by atoms with van der Waals surface area (Å²) in [6, 6.07) is 4.36. The summed E-state index contributed by atoms with van der Waals surface area (Å²) in [5.41, 5.74) is -1.27. The van der Waals surface area contributed by atoms with Gasteiger partial charge in [0, 0.05) is 37.8 Å². The number of nitro benzene ring substituents is 1. The maximum absolute atomic E-state index is 13.3. The first-order chi connectivity index (χ1) is 13.1. The average Bonchev–Trinajstić information content (AvgIpc) is 2.59. The van der Waals surface area contributed by atoms with Crippen LogP contribution in [0.2, 0.25) is 0 Å². The van der Waals surface area contributed by atoms with E-state index < -0.39 is 38.1 Å². The van der Waals surface area contributed by atoms with Crippen LogP contribution in [0.15, 0.2) is 29.2 Å². The van der Waals surface area contributed by atoms with Gasteiger partial charge < -0.3 is 9.64 Å². The second-order valence-corrected chi connectivity index (χ2v) is 11.1. The summed E-state index contributed by atoms with van der Waals surface area (Å²) in [5.74, 6) is 0. The molecule has 0 N–H and O–H groups in total. The van der Waals surface area contributed by atoms with Crippen molar-refractivity contribution in [2.24, 2.45) is 5.41 Å². The van der Waals surface area contributed by atoms with Crippen molar-refractivity contribution < 1.29 is 22.9 Å². The van der Waals surface area contributed by atoms with E-state index in [-0.39, 0.29) is 30.2 Å². The second kappa shape index (κ2) is 7.91. The highest BCUT2D eigenvalue weighted by atomic mass is 32.2. The molecular weight excluding hydrogens is 398 g/mol. The van der Waals surface area contributed by atoms with E-state index in [1.807, 2.05) is 20.8 Å². The summed E-state index contributed by atoms with van der Waals surface area (Å²) < 4.78 is 33.3. The van der Waals surface area contributed by atoms with Crippen molar-refractivity contribution >= 4 is 21.8 Å². The van der Waals surface area contributed by atoms with Gasteiger partial charge in [-0.3, -0.25) is 10.1 Å². The molecule has 162 valence electrons. The summed E-state index contributed by atoms with van der Waals surface area (Å²) in [5, 5.41) is 10.8. The number of carbonyl (C=O) groups is 1. The van der Waals surface area contributed by atoms with Crippen LogP contribution in [0.1, 0.15) is 41.5 Å². The van der Waals surface area contributed by atoms with Gasteiger partial charge in [0.2, 0.25) is 10.0 Å². The minimum atomic E-state index is -3.89. The molecule has 0 saturated carbocycles. The molecule has 2 rings (SSSR count). The number of ether oxygens (including phenoxy) is 1. The zero-order valence-corrected chi connectivity index (χ0v) is 18.5. The summed E-state index contributed by atoms with van der Waals surface area (Å²) in [6.45, 7) is 11.6. The van der Waals surface area contributed by atoms with Gasteiger partial charge in [-0.2, -0.15) is 4.31 Å². The van der Waals surface area contributed by atoms with Gasteiger partial charge in [0.25, 0.3) is 5.69 Å². The van der Waals surface area contributed by atoms with Crippen molar-refractivity contribution in [3.05, 3.63) is 34.4 Å². The van der Waals surface area contributed by atoms with Crippen LogP contribution < -0.4 is 0 Å². The molecule has 0 unspecified atom stereocenters. The van der Waals surface area contributed by atoms with E-state index in [1.54, 1.807) is 20.8 Å². The first kappa shape index (κ1) is 23.1. The quantitative estimate of drug-likeness (QED) is 0.541. The van der Waals surface area contributed by atoms with Gasteiger partial charge in [0.05, 0.1) is 9.82 Å². The van der Waals surface area contributed by atoms with Crippen molar-refractivity contribution in [3.8, 4) is 0 Å². The third kappa shape index (κ3) is 5.45. The highest BCUT2D eigenvalue weighted by molar-refractivity contribution is 7.89. The van der Waals surface area contributed by atoms with Gasteiger partial charge in [0.1, 0.15) is 5.60 Å². The van der Waals surface area contributed by atoms with Gasteiger partial charge in [-0.25, -0.2) is 13.2 Å². The number of piperazine rings is 1. The molecule has 1 atom stereocenters. The van der Waals surface area contributed by atoms with E-state index >= 15 is 0 Å². The molecule has 0 aromatic heterocycles. The van der Waals surface area contributed by atoms with E-state index in [9.17, 15) is 23.3 Å². The lowest BCUT2D eigenvalue weighted by Crippen LogP contribution is -2.60. The molecule has 29 heavy (non-hydrogen) atoms. The Morgan fingerprint density at radius 1 is 1.10 bits per heavy atom. The molecule has 1 heterocycles. The molecule has 1 aliphatic rings. The van der Waals surface area contributed by atoms with E-state index in [1.165, 1.54) is 33.5 Å². The Morgan fingerprint density at radius 2 is 1.66 bits per heavy atom. The lowest BCUT2D eigenvalue weighted by molar-refractivity contribution is -0.384. The maximum Gasteiger partial charge on any atom is 0.410 e. The molecule has 1 saturated heterocycles. The monoisotopic (exact) mass is 427 g/mol. The molecule has 1 aromatic carbocycles. The summed E-state index contributed by atoms with van der Waals surface area (Å²) in [7, 11) is -3.89. The molecule has 1 amide bonds. The molecule has 0 spiro atoms. The fourth-order valence-electron chi connectivity index (χ4n) is 3.13. The molecule has 0 aliphatic carbocycles. The van der Waals surface area contributed by atoms with E-state index in [0.29, 0.717) is 0 Å². The summed E-state index contributed by atoms with van der Waals surface area (Å²) >= 11 is 0. The average molecular weight is 428 g/mol. The fourth-order valence-corrected chi connectivity index (χ4v) is 4.92. The lowest BCUT2D eigenvalue weighted by atomic mass is 9.85. The van der Waals surface area contributed by atoms with E-state index in [2.05, 4.69) is 0 Å². The van der Waals surface area contributed by atoms with Gasteiger partial charge >= 0.3 is 6.09 Å². The number of rotatable bonds is 3. The largest absolute Gasteiger partial charge is 0.444 e. The van der Waals surface area contributed by atoms with Crippen LogP contribution >= 0.6 is 0 Å². The molecule has 1 fully saturated rings. The summed E-state index contributed by atoms with van der Waals surface area (Å²) in [6.07, 6.45) is -0.473. The number of amides is 1. The zero-order valence-electron chi connectivity index (χ0n) is 17.7. The van der Waals surface area contributed by atoms with Gasteiger partial charge in [0.15, 0.2) is 0 Å². The number of nitro groups is 1. The zero-order chi connectivity index (χ0) is 22.2. The molecule has 1 aliphatic heterocycles. The van der Waals surface area contributed by atoms with Crippen LogP contribution in [0.25, 0.3) is 0 Å². The number of nitrogens with zero attached hydrogens (tertiary/aromatic N) is 3. The van der Waals surface area contributed by atoms with Crippen LogP contribution in [-0.4, -0.2) is 59.9 Å². The Labute approximate surface area is 171 Å². The summed E-state index contributed by atoms with van der Waals surface area (Å²) in [4.78, 5) is 24.3. The van der Waals surface area contributed by atoms with E-state index in [4.69, 9.17) is 4.74 Å². The van der Waals surface area contributed by atoms with Gasteiger partial charge in [-0.1, -0.05) is 20.8 Å². The van der Waals surface area contributed by atoms with Crippen molar-refractivity contribution in [1.29, 1.82) is 0 Å². The Balaban J connectivity index is 2.32. The number of hydrogen-bond donors (Lipinski definition) is 0. The third-order valence-corrected chi connectivity index (χ3v) is 6.56. The molecule has 0 bridgehead atoms. The van der Waals surface area contributed by atoms with Crippen molar-refractivity contribution in [1.82, 2.24) is 9.21 Å². The highest BCUT2D eigenvalue weighted by Gasteiger charge is 2.43. The number of benzene rings is 1. The third-order valence-electron chi connectivity index (χ3n) is 4.64. The molecule has 0 radical (unpaired) electrons. The first-order valence-corrected chi connectivity index (χ1v) is 10.8. The smallest absolute Gasteiger partial charge is 0.410 e. The van der Waals surface area contributed by atoms with Crippen molar-refractivity contribution in [2.75, 3.05) is 19.6 Å². The van der Waals surface area contributed by atoms with Crippen molar-refractivity contribution in [3.63, 3.8) is 0 Å². The molecule has 9 nitrogen and oxygen atoms in total. The van der Waals surface area contributed by atoms with Crippen LogP contribution in [-0.2, 0) is 14.8 Å². The Hall–Kier alpha value is -2.20. The molecular formula is C19H29N3O6S. The van der Waals surface area contributed by atoms with Crippen LogP contribution in [0.3, 0.4) is 0 Å². The number of non-ortho nitro benzene ring substituents is 1. The van der Waals surface area contributed by atoms with E-state index in [0.717, 1.165) is 0 Å². The first-order valence-electron chi connectivity index (χ1n) is 9.37. The Bertz CT molecular complexity index is 869. The standard InChI is InChI=1S/C19H29N3O6S/c1-18(2,3)16-13-20(17(23)28-19(4,5)6)11-12-21(16)29(26,27)15-9-7-14(8-10-15)22(24)25/h7-10,16H,11-13H2,1-6H3/t16-/m0/s1. The Kier molecular flexibility index (Phi) is 6.29. The SMILES string of the molecule is CC(C)(C)OC(=O)N1CCN(S(=O)(=O)c2ccc([N+](=O)[O-])cc2)[C@H](C(C)(C)C)C1. The van der Waals surface area contributed by atoms with Crippen LogP contribution in [0, 0.1) is 15.5 Å². The predicted molar refractivity (Wildman–Crippen MR) is 108 cm³/mol. The van der Waals surface area contributed by atoms with Crippen molar-refractivity contribution in [2.45, 2.75) is 58.1 Å². The second-order valence-electron chi connectivity index (χ2n) is 9.17. The molecule has 10 heteroatoms. The minimum Gasteiger partial charge on any atom is -0.444 e. The maximum atomic E-state index is 13.3. The number of sulfonamides is 1. The van der Waals surface area contributed by atoms with Crippen LogP contribution in [0.5, 0.6) is 0 Å². The number of carbonyl (C=O) groups excluding carboxylic acids is 1. The minimum absolute atomic E-state index is 0.0110. The predicted octanol–water partition coefficient (Wildman–Crippen LogP) is 3.25. The molecule has 1 aromatic rings. The fraction of sp³-hybridized carbons (Fsp3) is 0.632. The number of hydrogen-bond acceptors (Lipinski definition) is 6. The normalized spacial score (nSPS) is 19.1. The van der Waals surface area contributed by atoms with Gasteiger partial charge in [-0.15, -0.1) is 0 Å². The Morgan fingerprint density at radius 3 is 2.10 bits per heavy atom. The van der Waals surface area contributed by atoms with Gasteiger partial charge in [-0.05, 0) is 38.3 Å². The van der Waals surface area contributed by atoms with Crippen LogP contribution in [0.4, 0.5) is 10.5 Å². The topological polar surface area (TPSA) is 110 Å². The lowest BCUT2D eigenvalue weighted by Gasteiger charge is -2.46. The highest BCUT2D eigenvalue weighted by Crippen LogP contribution is 2.33.